The summed E-state index contributed by atoms with van der Waals surface area (Å²) in [6.45, 7) is 2.11. The van der Waals surface area contributed by atoms with E-state index in [0.29, 0.717) is 10.9 Å². The second-order valence-corrected chi connectivity index (χ2v) is 3.87. The van der Waals surface area contributed by atoms with Crippen LogP contribution in [0.3, 0.4) is 0 Å². The molecule has 0 aliphatic rings. The second-order valence-electron chi connectivity index (χ2n) is 3.35. The fourth-order valence-electron chi connectivity index (χ4n) is 1.37. The molecule has 0 aliphatic heterocycles. The highest BCUT2D eigenvalue weighted by molar-refractivity contribution is 7.80. The summed E-state index contributed by atoms with van der Waals surface area (Å²) < 4.78 is 5.15. The first kappa shape index (κ1) is 11.0. The van der Waals surface area contributed by atoms with E-state index < -0.39 is 0 Å². The maximum absolute atomic E-state index is 5.50. The van der Waals surface area contributed by atoms with Crippen LogP contribution in [0, 0.1) is 0 Å². The second kappa shape index (κ2) is 4.96. The number of rotatable bonds is 4. The summed E-state index contributed by atoms with van der Waals surface area (Å²) in [5.41, 5.74) is 6.71. The smallest absolute Gasteiger partial charge is 0.119 e. The lowest BCUT2D eigenvalue weighted by molar-refractivity contribution is 0.414. The Hall–Kier alpha value is -1.09. The molecule has 1 atom stereocenters. The summed E-state index contributed by atoms with van der Waals surface area (Å²) >= 11 is 4.88. The van der Waals surface area contributed by atoms with Gasteiger partial charge >= 0.3 is 0 Å². The lowest BCUT2D eigenvalue weighted by Gasteiger charge is -2.11. The maximum atomic E-state index is 5.50. The van der Waals surface area contributed by atoms with Crippen molar-refractivity contribution in [2.24, 2.45) is 5.73 Å². The van der Waals surface area contributed by atoms with Crippen LogP contribution < -0.4 is 10.5 Å². The van der Waals surface area contributed by atoms with E-state index in [9.17, 15) is 0 Å². The van der Waals surface area contributed by atoms with Crippen LogP contribution in [0.5, 0.6) is 5.75 Å². The predicted octanol–water partition coefficient (Wildman–Crippen LogP) is 2.47. The van der Waals surface area contributed by atoms with Crippen LogP contribution in [0.1, 0.15) is 24.8 Å². The molecule has 0 saturated heterocycles. The number of ether oxygens (including phenoxy) is 1. The van der Waals surface area contributed by atoms with Crippen molar-refractivity contribution in [3.8, 4) is 5.75 Å². The molecule has 1 rings (SSSR count). The highest BCUT2D eigenvalue weighted by atomic mass is 32.1. The highest BCUT2D eigenvalue weighted by Gasteiger charge is 2.07. The summed E-state index contributed by atoms with van der Waals surface area (Å²) in [5, 5.41) is 0. The van der Waals surface area contributed by atoms with Crippen molar-refractivity contribution in [1.29, 1.82) is 0 Å². The number of benzene rings is 1. The Labute approximate surface area is 90.1 Å². The lowest BCUT2D eigenvalue weighted by Crippen LogP contribution is -2.11. The Morgan fingerprint density at radius 1 is 1.57 bits per heavy atom. The number of hydrogen-bond donors (Lipinski definition) is 1. The Bertz CT molecular complexity index is 325. The Balaban J connectivity index is 2.78. The third-order valence-corrected chi connectivity index (χ3v) is 2.34. The first-order chi connectivity index (χ1) is 6.63. The molecular weight excluding hydrogens is 194 g/mol. The number of nitrogens with two attached hydrogens (primary N) is 1. The molecule has 0 amide bonds. The zero-order chi connectivity index (χ0) is 10.6. The van der Waals surface area contributed by atoms with Gasteiger partial charge in [0.05, 0.1) is 12.1 Å². The minimum atomic E-state index is 0.350. The molecule has 0 spiro atoms. The van der Waals surface area contributed by atoms with Gasteiger partial charge in [0.2, 0.25) is 0 Å². The fourth-order valence-corrected chi connectivity index (χ4v) is 1.62. The Morgan fingerprint density at radius 2 is 2.29 bits per heavy atom. The van der Waals surface area contributed by atoms with Gasteiger partial charge in [-0.3, -0.25) is 0 Å². The Kier molecular flexibility index (Phi) is 3.89. The van der Waals surface area contributed by atoms with E-state index in [0.717, 1.165) is 12.2 Å². The lowest BCUT2D eigenvalue weighted by atomic mass is 9.98. The van der Waals surface area contributed by atoms with Gasteiger partial charge in [-0.1, -0.05) is 31.3 Å². The van der Waals surface area contributed by atoms with E-state index in [1.807, 2.05) is 18.2 Å². The molecule has 2 N–H and O–H groups in total. The predicted molar refractivity (Wildman–Crippen MR) is 62.8 cm³/mol. The van der Waals surface area contributed by atoms with E-state index in [-0.39, 0.29) is 0 Å². The van der Waals surface area contributed by atoms with Crippen LogP contribution in [-0.4, -0.2) is 12.1 Å². The summed E-state index contributed by atoms with van der Waals surface area (Å²) in [6.07, 6.45) is 0.739. The average molecular weight is 209 g/mol. The van der Waals surface area contributed by atoms with Crippen LogP contribution >= 0.6 is 12.2 Å². The Morgan fingerprint density at radius 3 is 2.86 bits per heavy atom. The molecule has 1 aromatic rings. The number of methoxy groups -OCH3 is 1. The van der Waals surface area contributed by atoms with Gasteiger partial charge in [-0.15, -0.1) is 0 Å². The molecule has 2 nitrogen and oxygen atoms in total. The van der Waals surface area contributed by atoms with Gasteiger partial charge in [-0.05, 0) is 23.6 Å². The summed E-state index contributed by atoms with van der Waals surface area (Å²) in [7, 11) is 1.66. The van der Waals surface area contributed by atoms with Crippen LogP contribution in [0.25, 0.3) is 0 Å². The van der Waals surface area contributed by atoms with E-state index >= 15 is 0 Å². The quantitative estimate of drug-likeness (QED) is 0.774. The highest BCUT2D eigenvalue weighted by Crippen LogP contribution is 2.22. The van der Waals surface area contributed by atoms with Gasteiger partial charge in [0, 0.05) is 6.42 Å². The third-order valence-electron chi connectivity index (χ3n) is 2.17. The third kappa shape index (κ3) is 3.00. The van der Waals surface area contributed by atoms with E-state index in [2.05, 4.69) is 13.0 Å². The van der Waals surface area contributed by atoms with Gasteiger partial charge < -0.3 is 10.5 Å². The minimum absolute atomic E-state index is 0.350. The number of hydrogen-bond acceptors (Lipinski definition) is 2. The topological polar surface area (TPSA) is 35.2 Å². The minimum Gasteiger partial charge on any atom is -0.497 e. The SMILES string of the molecule is COc1cccc(C(C)CC(N)=S)c1. The molecule has 0 saturated carbocycles. The molecule has 1 unspecified atom stereocenters. The molecular formula is C11H15NOS. The molecule has 3 heteroatoms. The van der Waals surface area contributed by atoms with Gasteiger partial charge in [0.15, 0.2) is 0 Å². The van der Waals surface area contributed by atoms with Crippen molar-refractivity contribution in [3.63, 3.8) is 0 Å². The van der Waals surface area contributed by atoms with Crippen LogP contribution in [0.4, 0.5) is 0 Å². The molecule has 0 fully saturated rings. The van der Waals surface area contributed by atoms with Crippen molar-refractivity contribution in [1.82, 2.24) is 0 Å². The van der Waals surface area contributed by atoms with Gasteiger partial charge in [-0.2, -0.15) is 0 Å². The molecule has 0 aliphatic carbocycles. The molecule has 0 radical (unpaired) electrons. The zero-order valence-electron chi connectivity index (χ0n) is 8.49. The first-order valence-electron chi connectivity index (χ1n) is 4.55. The van der Waals surface area contributed by atoms with Crippen LogP contribution in [0.2, 0.25) is 0 Å². The van der Waals surface area contributed by atoms with Crippen molar-refractivity contribution < 1.29 is 4.74 Å². The monoisotopic (exact) mass is 209 g/mol. The molecule has 0 bridgehead atoms. The fraction of sp³-hybridized carbons (Fsp3) is 0.364. The summed E-state index contributed by atoms with van der Waals surface area (Å²) in [4.78, 5) is 0.556. The van der Waals surface area contributed by atoms with Gasteiger partial charge in [0.25, 0.3) is 0 Å². The van der Waals surface area contributed by atoms with E-state index in [1.165, 1.54) is 5.56 Å². The van der Waals surface area contributed by atoms with Crippen molar-refractivity contribution >= 4 is 17.2 Å². The van der Waals surface area contributed by atoms with Crippen LogP contribution in [0.15, 0.2) is 24.3 Å². The van der Waals surface area contributed by atoms with Gasteiger partial charge in [-0.25, -0.2) is 0 Å². The molecule has 1 aromatic carbocycles. The molecule has 0 aromatic heterocycles. The largest absolute Gasteiger partial charge is 0.497 e. The van der Waals surface area contributed by atoms with Crippen molar-refractivity contribution in [3.05, 3.63) is 29.8 Å². The first-order valence-corrected chi connectivity index (χ1v) is 4.96. The summed E-state index contributed by atoms with van der Waals surface area (Å²) in [6, 6.07) is 7.98. The van der Waals surface area contributed by atoms with Crippen molar-refractivity contribution in [2.45, 2.75) is 19.3 Å². The normalized spacial score (nSPS) is 12.1. The van der Waals surface area contributed by atoms with Gasteiger partial charge in [0.1, 0.15) is 5.75 Å². The van der Waals surface area contributed by atoms with Crippen LogP contribution in [-0.2, 0) is 0 Å². The maximum Gasteiger partial charge on any atom is 0.119 e. The van der Waals surface area contributed by atoms with E-state index in [4.69, 9.17) is 22.7 Å². The standard InChI is InChI=1S/C11H15NOS/c1-8(6-11(12)14)9-4-3-5-10(7-9)13-2/h3-5,7-8H,6H2,1-2H3,(H2,12,14). The summed E-state index contributed by atoms with van der Waals surface area (Å²) in [5.74, 6) is 1.22. The number of thiocarbonyl (C=S) groups is 1. The van der Waals surface area contributed by atoms with Crippen molar-refractivity contribution in [2.75, 3.05) is 7.11 Å². The molecule has 14 heavy (non-hydrogen) atoms. The average Bonchev–Trinajstić information content (AvgIpc) is 2.17. The molecule has 0 heterocycles. The van der Waals surface area contributed by atoms with E-state index in [1.54, 1.807) is 7.11 Å². The zero-order valence-corrected chi connectivity index (χ0v) is 9.30. The molecule has 76 valence electrons.